The number of alkyl carbamates (subject to hydrolysis) is 1. The van der Waals surface area contributed by atoms with Crippen LogP contribution in [0.1, 0.15) is 43.5 Å². The predicted molar refractivity (Wildman–Crippen MR) is 133 cm³/mol. The zero-order chi connectivity index (χ0) is 24.1. The maximum atomic E-state index is 13.5. The van der Waals surface area contributed by atoms with Gasteiger partial charge in [0.15, 0.2) is 0 Å². The average Bonchev–Trinajstić information content (AvgIpc) is 2.84. The number of benzene rings is 3. The molecule has 3 atom stereocenters. The molecular formula is C29H32N2O3. The molecule has 1 heterocycles. The topological polar surface area (TPSA) is 58.6 Å². The first-order valence-corrected chi connectivity index (χ1v) is 11.7. The molecule has 3 aromatic carbocycles. The van der Waals surface area contributed by atoms with E-state index < -0.39 is 6.09 Å². The maximum Gasteiger partial charge on any atom is 0.407 e. The zero-order valence-electron chi connectivity index (χ0n) is 20.0. The van der Waals surface area contributed by atoms with Crippen molar-refractivity contribution < 1.29 is 14.3 Å². The van der Waals surface area contributed by atoms with Crippen LogP contribution in [0.4, 0.5) is 4.79 Å². The Morgan fingerprint density at radius 1 is 0.882 bits per heavy atom. The molecule has 2 amide bonds. The Kier molecular flexibility index (Phi) is 7.01. The fourth-order valence-electron chi connectivity index (χ4n) is 4.63. The van der Waals surface area contributed by atoms with Gasteiger partial charge in [0.25, 0.3) is 0 Å². The van der Waals surface area contributed by atoms with E-state index in [2.05, 4.69) is 17.4 Å². The smallest absolute Gasteiger partial charge is 0.407 e. The van der Waals surface area contributed by atoms with Gasteiger partial charge in [0.05, 0.1) is 18.0 Å². The number of amides is 2. The molecule has 1 N–H and O–H groups in total. The van der Waals surface area contributed by atoms with Crippen LogP contribution in [0.3, 0.4) is 0 Å². The molecule has 34 heavy (non-hydrogen) atoms. The summed E-state index contributed by atoms with van der Waals surface area (Å²) in [6, 6.07) is 29.1. The van der Waals surface area contributed by atoms with Crippen molar-refractivity contribution >= 4 is 12.0 Å². The van der Waals surface area contributed by atoms with E-state index in [1.807, 2.05) is 105 Å². The lowest BCUT2D eigenvalue weighted by Gasteiger charge is -2.53. The Bertz CT molecular complexity index is 1090. The van der Waals surface area contributed by atoms with Crippen molar-refractivity contribution in [1.82, 2.24) is 10.2 Å². The van der Waals surface area contributed by atoms with Gasteiger partial charge in [0.1, 0.15) is 6.61 Å². The van der Waals surface area contributed by atoms with Gasteiger partial charge in [0, 0.05) is 6.54 Å². The largest absolute Gasteiger partial charge is 0.445 e. The fourth-order valence-corrected chi connectivity index (χ4v) is 4.63. The van der Waals surface area contributed by atoms with Crippen LogP contribution in [0, 0.1) is 11.3 Å². The van der Waals surface area contributed by atoms with Crippen LogP contribution >= 0.6 is 0 Å². The van der Waals surface area contributed by atoms with Crippen LogP contribution in [0.15, 0.2) is 91.0 Å². The van der Waals surface area contributed by atoms with E-state index in [-0.39, 0.29) is 35.9 Å². The third-order valence-corrected chi connectivity index (χ3v) is 6.36. The van der Waals surface area contributed by atoms with Crippen molar-refractivity contribution in [2.75, 3.05) is 0 Å². The summed E-state index contributed by atoms with van der Waals surface area (Å²) in [7, 11) is 0. The van der Waals surface area contributed by atoms with Gasteiger partial charge in [-0.25, -0.2) is 4.79 Å². The molecule has 1 aliphatic heterocycles. The molecule has 176 valence electrons. The number of carbonyl (C=O) groups excluding carboxylic acids is 2. The van der Waals surface area contributed by atoms with Crippen molar-refractivity contribution in [3.8, 4) is 0 Å². The number of β-lactam (4-membered cyclic amide) rings is 1. The quantitative estimate of drug-likeness (QED) is 0.462. The molecule has 0 bridgehead atoms. The molecule has 1 fully saturated rings. The molecule has 0 spiro atoms. The summed E-state index contributed by atoms with van der Waals surface area (Å²) < 4.78 is 5.50. The summed E-state index contributed by atoms with van der Waals surface area (Å²) in [4.78, 5) is 28.2. The Hall–Kier alpha value is -3.60. The van der Waals surface area contributed by atoms with E-state index in [0.717, 1.165) is 16.7 Å². The highest BCUT2D eigenvalue weighted by atomic mass is 16.5. The summed E-state index contributed by atoms with van der Waals surface area (Å²) in [6.45, 7) is 6.86. The van der Waals surface area contributed by atoms with Gasteiger partial charge in [-0.2, -0.15) is 0 Å². The third kappa shape index (κ3) is 5.30. The van der Waals surface area contributed by atoms with Crippen LogP contribution in [0.25, 0.3) is 0 Å². The molecule has 0 radical (unpaired) electrons. The molecule has 3 aromatic rings. The SMILES string of the molecule is CC(C)(C)[C@H](NC(=O)OCc1ccccc1)[C@H]1C(=O)N(Cc2ccccc2)[C@@H]1c1ccccc1. The fraction of sp³-hybridized carbons (Fsp3) is 0.310. The molecule has 0 aromatic heterocycles. The number of nitrogens with zero attached hydrogens (tertiary/aromatic N) is 1. The van der Waals surface area contributed by atoms with Crippen molar-refractivity contribution in [2.24, 2.45) is 11.3 Å². The summed E-state index contributed by atoms with van der Waals surface area (Å²) in [5.74, 6) is -0.337. The lowest BCUT2D eigenvalue weighted by molar-refractivity contribution is -0.163. The summed E-state index contributed by atoms with van der Waals surface area (Å²) >= 11 is 0. The number of likely N-dealkylation sites (tertiary alicyclic amines) is 1. The molecule has 1 saturated heterocycles. The first-order chi connectivity index (χ1) is 16.3. The van der Waals surface area contributed by atoms with Gasteiger partial charge < -0.3 is 15.0 Å². The number of hydrogen-bond donors (Lipinski definition) is 1. The summed E-state index contributed by atoms with van der Waals surface area (Å²) in [5.41, 5.74) is 2.72. The number of carbonyl (C=O) groups is 2. The van der Waals surface area contributed by atoms with Crippen LogP contribution in [-0.4, -0.2) is 22.9 Å². The second kappa shape index (κ2) is 10.1. The normalized spacial score (nSPS) is 18.7. The lowest BCUT2D eigenvalue weighted by atomic mass is 9.69. The van der Waals surface area contributed by atoms with E-state index in [1.165, 1.54) is 0 Å². The second-order valence-electron chi connectivity index (χ2n) is 9.88. The highest BCUT2D eigenvalue weighted by molar-refractivity contribution is 5.88. The number of ether oxygens (including phenoxy) is 1. The van der Waals surface area contributed by atoms with Gasteiger partial charge in [0.2, 0.25) is 5.91 Å². The van der Waals surface area contributed by atoms with Gasteiger partial charge in [-0.1, -0.05) is 112 Å². The molecular weight excluding hydrogens is 424 g/mol. The minimum absolute atomic E-state index is 0.0426. The number of rotatable bonds is 7. The van der Waals surface area contributed by atoms with Gasteiger partial charge in [-0.15, -0.1) is 0 Å². The van der Waals surface area contributed by atoms with E-state index in [1.54, 1.807) is 0 Å². The van der Waals surface area contributed by atoms with Crippen molar-refractivity contribution in [1.29, 1.82) is 0 Å². The summed E-state index contributed by atoms with van der Waals surface area (Å²) in [6.07, 6.45) is -0.509. The molecule has 0 aliphatic carbocycles. The molecule has 5 heteroatoms. The lowest BCUT2D eigenvalue weighted by Crippen LogP contribution is -2.64. The predicted octanol–water partition coefficient (Wildman–Crippen LogP) is 5.73. The highest BCUT2D eigenvalue weighted by Crippen LogP contribution is 2.46. The van der Waals surface area contributed by atoms with Crippen LogP contribution < -0.4 is 5.32 Å². The Balaban J connectivity index is 1.55. The van der Waals surface area contributed by atoms with E-state index in [9.17, 15) is 9.59 Å². The average molecular weight is 457 g/mol. The van der Waals surface area contributed by atoms with Crippen LogP contribution in [0.5, 0.6) is 0 Å². The molecule has 0 saturated carbocycles. The molecule has 5 nitrogen and oxygen atoms in total. The highest BCUT2D eigenvalue weighted by Gasteiger charge is 2.54. The van der Waals surface area contributed by atoms with E-state index in [0.29, 0.717) is 6.54 Å². The number of nitrogens with one attached hydrogen (secondary N) is 1. The first kappa shape index (κ1) is 23.6. The number of hydrogen-bond acceptors (Lipinski definition) is 3. The van der Waals surface area contributed by atoms with Gasteiger partial charge in [-0.05, 0) is 22.1 Å². The maximum absolute atomic E-state index is 13.5. The van der Waals surface area contributed by atoms with E-state index in [4.69, 9.17) is 4.74 Å². The van der Waals surface area contributed by atoms with Crippen LogP contribution in [-0.2, 0) is 22.7 Å². The Morgan fingerprint density at radius 3 is 1.97 bits per heavy atom. The molecule has 1 aliphatic rings. The van der Waals surface area contributed by atoms with Crippen molar-refractivity contribution in [3.63, 3.8) is 0 Å². The third-order valence-electron chi connectivity index (χ3n) is 6.36. The monoisotopic (exact) mass is 456 g/mol. The first-order valence-electron chi connectivity index (χ1n) is 11.7. The second-order valence-corrected chi connectivity index (χ2v) is 9.88. The van der Waals surface area contributed by atoms with Gasteiger partial charge >= 0.3 is 6.09 Å². The van der Waals surface area contributed by atoms with Gasteiger partial charge in [-0.3, -0.25) is 4.79 Å². The summed E-state index contributed by atoms with van der Waals surface area (Å²) in [5, 5.41) is 3.04. The van der Waals surface area contributed by atoms with Crippen LogP contribution in [0.2, 0.25) is 0 Å². The molecule has 0 unspecified atom stereocenters. The Morgan fingerprint density at radius 2 is 1.41 bits per heavy atom. The minimum atomic E-state index is -0.509. The zero-order valence-corrected chi connectivity index (χ0v) is 20.0. The van der Waals surface area contributed by atoms with Crippen molar-refractivity contribution in [3.05, 3.63) is 108 Å². The Labute approximate surface area is 201 Å². The van der Waals surface area contributed by atoms with E-state index >= 15 is 0 Å². The standard InChI is InChI=1S/C29H32N2O3/c1-29(2,3)26(30-28(33)34-20-22-15-9-5-10-16-22)24-25(23-17-11-6-12-18-23)31(27(24)32)19-21-13-7-4-8-14-21/h4-18,24-26H,19-20H2,1-3H3,(H,30,33)/t24-,25+,26+/m0/s1. The minimum Gasteiger partial charge on any atom is -0.445 e. The molecule has 4 rings (SSSR count). The van der Waals surface area contributed by atoms with Crippen molar-refractivity contribution in [2.45, 2.75) is 46.0 Å².